The fourth-order valence-corrected chi connectivity index (χ4v) is 6.58. The van der Waals surface area contributed by atoms with Gasteiger partial charge < -0.3 is 16.0 Å². The fraction of sp³-hybridized carbons (Fsp3) is 0.296. The van der Waals surface area contributed by atoms with Crippen molar-refractivity contribution >= 4 is 34.3 Å². The Labute approximate surface area is 205 Å². The van der Waals surface area contributed by atoms with Crippen LogP contribution in [0.4, 0.5) is 0 Å². The molecule has 0 aliphatic carbocycles. The van der Waals surface area contributed by atoms with E-state index in [-0.39, 0.29) is 0 Å². The number of allylic oxidation sites excluding steroid dienone is 2. The van der Waals surface area contributed by atoms with E-state index >= 15 is 0 Å². The molecule has 1 aliphatic heterocycles. The molecule has 0 fully saturated rings. The second kappa shape index (κ2) is 8.96. The van der Waals surface area contributed by atoms with E-state index in [1.165, 1.54) is 10.6 Å². The van der Waals surface area contributed by atoms with Gasteiger partial charge >= 0.3 is 0 Å². The molecule has 2 unspecified atom stereocenters. The lowest BCUT2D eigenvalue weighted by atomic mass is 9.77. The number of aryl methyl sites for hydroxylation is 1. The van der Waals surface area contributed by atoms with E-state index in [1.807, 2.05) is 43.9 Å². The van der Waals surface area contributed by atoms with E-state index < -0.39 is 5.41 Å². The molecule has 0 bridgehead atoms. The maximum Gasteiger partial charge on any atom is 0.0760 e. The third-order valence-electron chi connectivity index (χ3n) is 6.86. The highest BCUT2D eigenvalue weighted by molar-refractivity contribution is 8.03. The zero-order valence-electron chi connectivity index (χ0n) is 20.0. The summed E-state index contributed by atoms with van der Waals surface area (Å²) in [4.78, 5) is 8.49. The fourth-order valence-electron chi connectivity index (χ4n) is 4.75. The number of rotatable bonds is 5. The number of halogens is 1. The van der Waals surface area contributed by atoms with Crippen molar-refractivity contribution in [1.82, 2.24) is 15.2 Å². The largest absolute Gasteiger partial charge is 0.403 e. The van der Waals surface area contributed by atoms with Crippen molar-refractivity contribution in [2.24, 2.45) is 5.73 Å². The Hall–Kier alpha value is -2.63. The number of thioether (sulfide) groups is 1. The Morgan fingerprint density at radius 2 is 1.91 bits per heavy atom. The number of benzene rings is 2. The quantitative estimate of drug-likeness (QED) is 0.444. The Balaban J connectivity index is 1.99. The van der Waals surface area contributed by atoms with Crippen LogP contribution in [0.1, 0.15) is 32.0 Å². The molecular weight excluding hydrogens is 448 g/mol. The summed E-state index contributed by atoms with van der Waals surface area (Å²) in [5, 5.41) is 5.38. The number of nitrogens with two attached hydrogens (primary N) is 1. The van der Waals surface area contributed by atoms with Gasteiger partial charge in [0.15, 0.2) is 0 Å². The molecule has 1 aromatic heterocycles. The number of pyridine rings is 1. The van der Waals surface area contributed by atoms with E-state index in [1.54, 1.807) is 6.20 Å². The van der Waals surface area contributed by atoms with Crippen LogP contribution in [0.5, 0.6) is 0 Å². The second-order valence-corrected chi connectivity index (χ2v) is 10.4. The van der Waals surface area contributed by atoms with Gasteiger partial charge in [-0.3, -0.25) is 4.98 Å². The Morgan fingerprint density at radius 3 is 2.48 bits per heavy atom. The highest BCUT2D eigenvalue weighted by Gasteiger charge is 2.42. The van der Waals surface area contributed by atoms with E-state index in [9.17, 15) is 0 Å². The monoisotopic (exact) mass is 478 g/mol. The molecule has 33 heavy (non-hydrogen) atoms. The van der Waals surface area contributed by atoms with Crippen LogP contribution in [0.15, 0.2) is 71.0 Å². The minimum Gasteiger partial charge on any atom is -0.403 e. The summed E-state index contributed by atoms with van der Waals surface area (Å²) in [5.41, 5.74) is 12.9. The van der Waals surface area contributed by atoms with Gasteiger partial charge in [-0.05, 0) is 51.0 Å². The molecule has 6 heteroatoms. The first-order valence-electron chi connectivity index (χ1n) is 11.1. The predicted octanol–water partition coefficient (Wildman–Crippen LogP) is 6.40. The Morgan fingerprint density at radius 1 is 1.21 bits per heavy atom. The number of aromatic nitrogens is 1. The normalized spacial score (nSPS) is 18.7. The van der Waals surface area contributed by atoms with Gasteiger partial charge in [-0.1, -0.05) is 48.0 Å². The lowest BCUT2D eigenvalue weighted by Gasteiger charge is -2.34. The molecule has 2 heterocycles. The number of hydrogen-bond acceptors (Lipinski definition) is 5. The van der Waals surface area contributed by atoms with Gasteiger partial charge in [0, 0.05) is 53.2 Å². The molecule has 0 saturated heterocycles. The van der Waals surface area contributed by atoms with Crippen molar-refractivity contribution in [3.05, 3.63) is 87.3 Å². The molecule has 0 saturated carbocycles. The zero-order valence-corrected chi connectivity index (χ0v) is 21.6. The van der Waals surface area contributed by atoms with Crippen molar-refractivity contribution < 1.29 is 0 Å². The maximum absolute atomic E-state index is 7.07. The van der Waals surface area contributed by atoms with Crippen molar-refractivity contribution in [3.63, 3.8) is 0 Å². The zero-order chi connectivity index (χ0) is 23.9. The average Bonchev–Trinajstić information content (AvgIpc) is 3.08. The van der Waals surface area contributed by atoms with Crippen LogP contribution < -0.4 is 11.1 Å². The summed E-state index contributed by atoms with van der Waals surface area (Å²) in [6, 6.07) is 16.6. The second-order valence-electron chi connectivity index (χ2n) is 8.68. The van der Waals surface area contributed by atoms with E-state index in [4.69, 9.17) is 22.3 Å². The summed E-state index contributed by atoms with van der Waals surface area (Å²) >= 11 is 8.94. The predicted molar refractivity (Wildman–Crippen MR) is 143 cm³/mol. The first-order chi connectivity index (χ1) is 15.7. The molecule has 3 N–H and O–H groups in total. The molecule has 0 amide bonds. The topological polar surface area (TPSA) is 54.2 Å². The molecule has 4 rings (SSSR count). The van der Waals surface area contributed by atoms with Crippen molar-refractivity contribution in [3.8, 4) is 11.1 Å². The summed E-state index contributed by atoms with van der Waals surface area (Å²) in [7, 11) is 4.06. The number of nitrogens with zero attached hydrogens (tertiary/aromatic N) is 2. The molecule has 0 radical (unpaired) electrons. The number of likely N-dealkylation sites (N-methyl/N-ethyl adjacent to an activating group) is 1. The number of hydrogen-bond donors (Lipinski definition) is 2. The van der Waals surface area contributed by atoms with Crippen LogP contribution in [0.2, 0.25) is 5.02 Å². The van der Waals surface area contributed by atoms with Gasteiger partial charge in [0.1, 0.15) is 0 Å². The maximum atomic E-state index is 7.07. The van der Waals surface area contributed by atoms with Crippen LogP contribution in [0.25, 0.3) is 22.0 Å². The average molecular weight is 479 g/mol. The van der Waals surface area contributed by atoms with Gasteiger partial charge in [-0.2, -0.15) is 0 Å². The van der Waals surface area contributed by atoms with E-state index in [2.05, 4.69) is 68.4 Å². The lowest BCUT2D eigenvalue weighted by molar-refractivity contribution is 0.417. The van der Waals surface area contributed by atoms with Crippen molar-refractivity contribution in [1.29, 1.82) is 0 Å². The summed E-state index contributed by atoms with van der Waals surface area (Å²) in [6.45, 7) is 8.65. The van der Waals surface area contributed by atoms with Gasteiger partial charge in [-0.15, -0.1) is 11.8 Å². The molecule has 3 aromatic rings. The number of nitrogens with one attached hydrogen (secondary N) is 1. The van der Waals surface area contributed by atoms with Crippen LogP contribution in [-0.4, -0.2) is 29.4 Å². The highest BCUT2D eigenvalue weighted by atomic mass is 35.5. The van der Waals surface area contributed by atoms with Gasteiger partial charge in [0.05, 0.1) is 21.3 Å². The molecule has 1 aliphatic rings. The molecule has 172 valence electrons. The molecule has 2 atom stereocenters. The molecule has 4 nitrogen and oxygen atoms in total. The van der Waals surface area contributed by atoms with E-state index in [0.29, 0.717) is 5.37 Å². The lowest BCUT2D eigenvalue weighted by Crippen LogP contribution is -2.34. The van der Waals surface area contributed by atoms with Crippen LogP contribution in [0, 0.1) is 6.92 Å². The smallest absolute Gasteiger partial charge is 0.0760 e. The Kier molecular flexibility index (Phi) is 6.39. The van der Waals surface area contributed by atoms with Crippen molar-refractivity contribution in [2.75, 3.05) is 14.1 Å². The minimum absolute atomic E-state index is 0.355. The van der Waals surface area contributed by atoms with Gasteiger partial charge in [0.25, 0.3) is 0 Å². The van der Waals surface area contributed by atoms with Crippen LogP contribution in [0.3, 0.4) is 0 Å². The van der Waals surface area contributed by atoms with Gasteiger partial charge in [0.2, 0.25) is 0 Å². The van der Waals surface area contributed by atoms with Crippen LogP contribution >= 0.6 is 23.4 Å². The first kappa shape index (κ1) is 23.5. The summed E-state index contributed by atoms with van der Waals surface area (Å²) in [5.74, 6) is 0. The minimum atomic E-state index is -0.452. The first-order valence-corrected chi connectivity index (χ1v) is 12.4. The summed E-state index contributed by atoms with van der Waals surface area (Å²) in [6.07, 6.45) is 1.68. The molecule has 0 spiro atoms. The third-order valence-corrected chi connectivity index (χ3v) is 8.85. The number of fused-ring (bicyclic) bond motifs is 1. The molecule has 2 aromatic carbocycles. The standard InChI is InChI=1S/C27H31ClN4S/c1-16-24(19-10-8-7-9-11-19)25(28)21-14-20(12-13-22(21)31-16)27(4,23(15-29)30-5)26-17(2)32(6)18(3)33-26/h7-15,18,30H,29H2,1-6H3/b23-15-. The van der Waals surface area contributed by atoms with E-state index in [0.717, 1.165) is 44.0 Å². The highest BCUT2D eigenvalue weighted by Crippen LogP contribution is 2.51. The summed E-state index contributed by atoms with van der Waals surface area (Å²) < 4.78 is 0. The third kappa shape index (κ3) is 3.77. The Bertz CT molecular complexity index is 1270. The SMILES string of the molecule is CN/C(=C\N)C(C)(C1=C(C)N(C)C(C)S1)c1ccc2nc(C)c(-c3ccccc3)c(Cl)c2c1. The van der Waals surface area contributed by atoms with Crippen LogP contribution in [-0.2, 0) is 5.41 Å². The van der Waals surface area contributed by atoms with Gasteiger partial charge in [-0.25, -0.2) is 0 Å². The molecular formula is C27H31ClN4S. The van der Waals surface area contributed by atoms with Crippen molar-refractivity contribution in [2.45, 2.75) is 38.5 Å².